The third kappa shape index (κ3) is 2.32. The smallest absolute Gasteiger partial charge is 0.295 e. The first kappa shape index (κ1) is 13.8. The molecule has 2 aliphatic rings. The lowest BCUT2D eigenvalue weighted by Gasteiger charge is -2.24. The Labute approximate surface area is 134 Å². The van der Waals surface area contributed by atoms with Crippen LogP contribution in [0.3, 0.4) is 0 Å². The molecule has 0 bridgehead atoms. The van der Waals surface area contributed by atoms with Gasteiger partial charge in [0.25, 0.3) is 5.91 Å². The van der Waals surface area contributed by atoms with E-state index in [2.05, 4.69) is 0 Å². The van der Waals surface area contributed by atoms with Crippen LogP contribution in [0.5, 0.6) is 0 Å². The molecule has 1 amide bonds. The minimum atomic E-state index is -0.389. The standard InChI is InChI=1S/C19H16N2O2/c22-18-16-5-1-2-6-17(16)21(19(18)23)13-14-7-9-15(10-8-14)20-11-3-4-12-20/h1-5,7-12,17H,6,13H2. The van der Waals surface area contributed by atoms with Gasteiger partial charge in [-0.15, -0.1) is 0 Å². The van der Waals surface area contributed by atoms with Crippen molar-refractivity contribution in [3.63, 3.8) is 0 Å². The Kier molecular flexibility index (Phi) is 3.23. The molecule has 4 nitrogen and oxygen atoms in total. The zero-order chi connectivity index (χ0) is 15.8. The molecule has 1 unspecified atom stereocenters. The Morgan fingerprint density at radius 3 is 2.52 bits per heavy atom. The van der Waals surface area contributed by atoms with Crippen LogP contribution in [0.4, 0.5) is 0 Å². The summed E-state index contributed by atoms with van der Waals surface area (Å²) in [4.78, 5) is 26.0. The molecule has 0 saturated carbocycles. The maximum Gasteiger partial charge on any atom is 0.295 e. The molecule has 114 valence electrons. The summed E-state index contributed by atoms with van der Waals surface area (Å²) in [6, 6.07) is 11.9. The fourth-order valence-electron chi connectivity index (χ4n) is 3.19. The van der Waals surface area contributed by atoms with Gasteiger partial charge in [-0.2, -0.15) is 0 Å². The van der Waals surface area contributed by atoms with E-state index in [-0.39, 0.29) is 17.7 Å². The van der Waals surface area contributed by atoms with Crippen molar-refractivity contribution >= 4 is 11.7 Å². The van der Waals surface area contributed by atoms with Gasteiger partial charge in [0, 0.05) is 30.2 Å². The minimum absolute atomic E-state index is 0.107. The van der Waals surface area contributed by atoms with Crippen molar-refractivity contribution in [2.45, 2.75) is 19.0 Å². The molecule has 0 N–H and O–H groups in total. The van der Waals surface area contributed by atoms with Crippen LogP contribution < -0.4 is 0 Å². The van der Waals surface area contributed by atoms with Crippen LogP contribution in [0.25, 0.3) is 5.69 Å². The number of carbonyl (C=O) groups is 2. The number of ketones is 1. The zero-order valence-corrected chi connectivity index (χ0v) is 12.6. The number of nitrogens with zero attached hydrogens (tertiary/aromatic N) is 2. The third-order valence-electron chi connectivity index (χ3n) is 4.42. The zero-order valence-electron chi connectivity index (χ0n) is 12.6. The van der Waals surface area contributed by atoms with Crippen LogP contribution >= 0.6 is 0 Å². The van der Waals surface area contributed by atoms with Gasteiger partial charge in [-0.3, -0.25) is 9.59 Å². The van der Waals surface area contributed by atoms with Gasteiger partial charge < -0.3 is 9.47 Å². The van der Waals surface area contributed by atoms with E-state index in [1.54, 1.807) is 11.0 Å². The second kappa shape index (κ2) is 5.39. The molecule has 2 aromatic rings. The van der Waals surface area contributed by atoms with Crippen molar-refractivity contribution in [1.82, 2.24) is 9.47 Å². The number of fused-ring (bicyclic) bond motifs is 1. The predicted molar refractivity (Wildman–Crippen MR) is 87.0 cm³/mol. The molecule has 1 aromatic carbocycles. The van der Waals surface area contributed by atoms with Gasteiger partial charge >= 0.3 is 0 Å². The highest BCUT2D eigenvalue weighted by atomic mass is 16.2. The highest BCUT2D eigenvalue weighted by Crippen LogP contribution is 2.29. The topological polar surface area (TPSA) is 42.3 Å². The molecular weight excluding hydrogens is 288 g/mol. The van der Waals surface area contributed by atoms with Crippen LogP contribution in [0.1, 0.15) is 12.0 Å². The van der Waals surface area contributed by atoms with Gasteiger partial charge in [0.05, 0.1) is 6.04 Å². The van der Waals surface area contributed by atoms with Gasteiger partial charge in [-0.1, -0.05) is 30.4 Å². The van der Waals surface area contributed by atoms with E-state index in [4.69, 9.17) is 0 Å². The van der Waals surface area contributed by atoms with Crippen LogP contribution in [-0.2, 0) is 16.1 Å². The monoisotopic (exact) mass is 304 g/mol. The highest BCUT2D eigenvalue weighted by molar-refractivity contribution is 6.45. The summed E-state index contributed by atoms with van der Waals surface area (Å²) in [5.41, 5.74) is 2.73. The van der Waals surface area contributed by atoms with E-state index in [1.165, 1.54) is 0 Å². The summed E-state index contributed by atoms with van der Waals surface area (Å²) in [6.45, 7) is 0.465. The van der Waals surface area contributed by atoms with Crippen molar-refractivity contribution in [2.24, 2.45) is 0 Å². The summed E-state index contributed by atoms with van der Waals surface area (Å²) in [5, 5.41) is 0. The van der Waals surface area contributed by atoms with E-state index in [9.17, 15) is 9.59 Å². The SMILES string of the molecule is O=C1C(=O)N(Cc2ccc(-n3cccc3)cc2)C2CC=CC=C12. The average molecular weight is 304 g/mol. The van der Waals surface area contributed by atoms with Gasteiger partial charge in [0.1, 0.15) is 0 Å². The molecule has 2 heterocycles. The quantitative estimate of drug-likeness (QED) is 0.818. The molecule has 23 heavy (non-hydrogen) atoms. The Morgan fingerprint density at radius 2 is 1.78 bits per heavy atom. The molecule has 4 rings (SSSR count). The molecular formula is C19H16N2O2. The molecule has 1 aromatic heterocycles. The number of rotatable bonds is 3. The molecule has 0 spiro atoms. The number of hydrogen-bond donors (Lipinski definition) is 0. The number of allylic oxidation sites excluding steroid dienone is 2. The molecule has 0 radical (unpaired) electrons. The van der Waals surface area contributed by atoms with Crippen LogP contribution in [0, 0.1) is 0 Å². The fraction of sp³-hybridized carbons (Fsp3) is 0.158. The first-order valence-corrected chi connectivity index (χ1v) is 7.68. The Morgan fingerprint density at radius 1 is 1.04 bits per heavy atom. The van der Waals surface area contributed by atoms with Gasteiger partial charge in [0.2, 0.25) is 5.78 Å². The number of benzene rings is 1. The van der Waals surface area contributed by atoms with E-state index in [1.807, 2.05) is 65.5 Å². The lowest BCUT2D eigenvalue weighted by atomic mass is 9.99. The Hall–Kier alpha value is -2.88. The summed E-state index contributed by atoms with van der Waals surface area (Å²) in [6.07, 6.45) is 10.3. The van der Waals surface area contributed by atoms with Gasteiger partial charge in [-0.05, 0) is 36.2 Å². The number of likely N-dealkylation sites (tertiary alicyclic amines) is 1. The molecule has 1 aliphatic carbocycles. The van der Waals surface area contributed by atoms with Gasteiger partial charge in [-0.25, -0.2) is 0 Å². The molecule has 1 saturated heterocycles. The maximum absolute atomic E-state index is 12.2. The van der Waals surface area contributed by atoms with Gasteiger partial charge in [0.15, 0.2) is 0 Å². The number of Topliss-reactive ketones (excluding diaryl/α,β-unsaturated/α-hetero) is 1. The van der Waals surface area contributed by atoms with Crippen molar-refractivity contribution in [2.75, 3.05) is 0 Å². The number of aromatic nitrogens is 1. The van der Waals surface area contributed by atoms with E-state index in [0.717, 1.165) is 11.3 Å². The Balaban J connectivity index is 1.56. The summed E-state index contributed by atoms with van der Waals surface area (Å²) >= 11 is 0. The van der Waals surface area contributed by atoms with Crippen molar-refractivity contribution in [3.05, 3.63) is 78.2 Å². The predicted octanol–water partition coefficient (Wildman–Crippen LogP) is 2.64. The number of carbonyl (C=O) groups excluding carboxylic acids is 2. The van der Waals surface area contributed by atoms with E-state index in [0.29, 0.717) is 18.5 Å². The fourth-order valence-corrected chi connectivity index (χ4v) is 3.19. The first-order chi connectivity index (χ1) is 11.2. The molecule has 1 fully saturated rings. The third-order valence-corrected chi connectivity index (χ3v) is 4.42. The molecule has 1 atom stereocenters. The normalized spacial score (nSPS) is 19.9. The lowest BCUT2D eigenvalue weighted by Crippen LogP contribution is -2.33. The van der Waals surface area contributed by atoms with Crippen LogP contribution in [0.15, 0.2) is 72.6 Å². The average Bonchev–Trinajstić information content (AvgIpc) is 3.20. The second-order valence-electron chi connectivity index (χ2n) is 5.82. The molecule has 4 heteroatoms. The lowest BCUT2D eigenvalue weighted by molar-refractivity contribution is -0.140. The van der Waals surface area contributed by atoms with Crippen molar-refractivity contribution < 1.29 is 9.59 Å². The number of hydrogen-bond acceptors (Lipinski definition) is 2. The van der Waals surface area contributed by atoms with Crippen LogP contribution in [0.2, 0.25) is 0 Å². The van der Waals surface area contributed by atoms with E-state index < -0.39 is 0 Å². The highest BCUT2D eigenvalue weighted by Gasteiger charge is 2.42. The van der Waals surface area contributed by atoms with E-state index >= 15 is 0 Å². The van der Waals surface area contributed by atoms with Crippen molar-refractivity contribution in [1.29, 1.82) is 0 Å². The summed E-state index contributed by atoms with van der Waals surface area (Å²) < 4.78 is 2.03. The molecule has 1 aliphatic heterocycles. The second-order valence-corrected chi connectivity index (χ2v) is 5.82. The maximum atomic E-state index is 12.2. The van der Waals surface area contributed by atoms with Crippen molar-refractivity contribution in [3.8, 4) is 5.69 Å². The van der Waals surface area contributed by atoms with Crippen LogP contribution in [-0.4, -0.2) is 27.2 Å². The summed E-state index contributed by atoms with van der Waals surface area (Å²) in [7, 11) is 0. The first-order valence-electron chi connectivity index (χ1n) is 7.68. The minimum Gasteiger partial charge on any atom is -0.324 e. The summed E-state index contributed by atoms with van der Waals surface area (Å²) in [5.74, 6) is -0.747. The largest absolute Gasteiger partial charge is 0.324 e. The Bertz CT molecular complexity index is 814. The number of amides is 1.